The van der Waals surface area contributed by atoms with Crippen molar-refractivity contribution >= 4 is 46.0 Å². The first-order valence-corrected chi connectivity index (χ1v) is 23.7. The Labute approximate surface area is 393 Å². The number of fused-ring (bicyclic) bond motifs is 1. The maximum atomic E-state index is 13.9. The summed E-state index contributed by atoms with van der Waals surface area (Å²) in [6.07, 6.45) is -0.494. The van der Waals surface area contributed by atoms with Crippen molar-refractivity contribution in [2.45, 2.75) is 78.3 Å². The maximum absolute atomic E-state index is 13.9. The number of benzene rings is 2. The summed E-state index contributed by atoms with van der Waals surface area (Å²) in [6, 6.07) is 14.9. The SMILES string of the molecule is Cc1ncsc1-c1ccc(CNC(=O)[C@@H]2CCCN2C(=O)[C@@H](NC(=O)COCCOCCN2CCN(Cc3ccc(-c4c[nH]c5nc(NCCC(F)(F)F)ncc45)cc3)CC2)C(C)(C)C)cc1. The second-order valence-corrected chi connectivity index (χ2v) is 19.0. The Balaban J connectivity index is 0.759. The molecule has 4 N–H and O–H groups in total. The lowest BCUT2D eigenvalue weighted by Gasteiger charge is -2.35. The molecule has 3 amide bonds. The molecular weight excluding hydrogens is 886 g/mol. The number of nitrogens with one attached hydrogen (secondary N) is 4. The average molecular weight is 947 g/mol. The number of nitrogens with zero attached hydrogens (tertiary/aromatic N) is 6. The van der Waals surface area contributed by atoms with Gasteiger partial charge in [0, 0.05) is 82.2 Å². The lowest BCUT2D eigenvalue weighted by molar-refractivity contribution is -0.144. The molecule has 0 bridgehead atoms. The molecule has 2 atom stereocenters. The van der Waals surface area contributed by atoms with Crippen LogP contribution in [0, 0.1) is 12.3 Å². The molecule has 67 heavy (non-hydrogen) atoms. The number of likely N-dealkylation sites (tertiary alicyclic amines) is 1. The zero-order chi connectivity index (χ0) is 47.6. The summed E-state index contributed by atoms with van der Waals surface area (Å²) in [5.41, 5.74) is 7.90. The van der Waals surface area contributed by atoms with E-state index in [1.54, 1.807) is 22.4 Å². The van der Waals surface area contributed by atoms with Gasteiger partial charge in [0.15, 0.2) is 0 Å². The molecule has 0 aliphatic carbocycles. The molecule has 2 saturated heterocycles. The fourth-order valence-electron chi connectivity index (χ4n) is 8.32. The van der Waals surface area contributed by atoms with Crippen molar-refractivity contribution in [3.63, 3.8) is 0 Å². The van der Waals surface area contributed by atoms with E-state index in [9.17, 15) is 27.6 Å². The molecule has 0 spiro atoms. The third-order valence-electron chi connectivity index (χ3n) is 12.1. The highest BCUT2D eigenvalue weighted by atomic mass is 32.1. The quantitative estimate of drug-likeness (QED) is 0.0637. The fourth-order valence-corrected chi connectivity index (χ4v) is 9.14. The summed E-state index contributed by atoms with van der Waals surface area (Å²) in [6.45, 7) is 14.3. The molecular formula is C48H61F3N10O5S. The Kier molecular flexibility index (Phi) is 16.6. The second kappa shape index (κ2) is 22.6. The molecule has 2 aromatic carbocycles. The van der Waals surface area contributed by atoms with Crippen molar-refractivity contribution in [2.75, 3.05) is 77.6 Å². The summed E-state index contributed by atoms with van der Waals surface area (Å²) in [4.78, 5) is 63.8. The highest BCUT2D eigenvalue weighted by Crippen LogP contribution is 2.30. The van der Waals surface area contributed by atoms with Crippen molar-refractivity contribution in [1.82, 2.24) is 45.3 Å². The van der Waals surface area contributed by atoms with E-state index < -0.39 is 36.0 Å². The van der Waals surface area contributed by atoms with E-state index >= 15 is 0 Å². The Morgan fingerprint density at radius 2 is 1.60 bits per heavy atom. The van der Waals surface area contributed by atoms with Crippen molar-refractivity contribution in [3.05, 3.63) is 83.3 Å². The normalized spacial score (nSPS) is 16.6. The zero-order valence-electron chi connectivity index (χ0n) is 38.6. The number of ether oxygens (including phenoxy) is 2. The van der Waals surface area contributed by atoms with Gasteiger partial charge in [-0.15, -0.1) is 11.3 Å². The van der Waals surface area contributed by atoms with Gasteiger partial charge in [-0.1, -0.05) is 69.3 Å². The van der Waals surface area contributed by atoms with Crippen molar-refractivity contribution in [3.8, 4) is 21.6 Å². The van der Waals surface area contributed by atoms with E-state index in [2.05, 4.69) is 70.0 Å². The van der Waals surface area contributed by atoms with Crippen LogP contribution < -0.4 is 16.0 Å². The van der Waals surface area contributed by atoms with E-state index in [1.165, 1.54) is 5.56 Å². The van der Waals surface area contributed by atoms with E-state index in [0.29, 0.717) is 44.8 Å². The van der Waals surface area contributed by atoms with Crippen molar-refractivity contribution in [1.29, 1.82) is 0 Å². The van der Waals surface area contributed by atoms with Gasteiger partial charge < -0.3 is 35.3 Å². The lowest BCUT2D eigenvalue weighted by atomic mass is 9.85. The van der Waals surface area contributed by atoms with Gasteiger partial charge in [-0.05, 0) is 47.4 Å². The highest BCUT2D eigenvalue weighted by Gasteiger charge is 2.42. The largest absolute Gasteiger partial charge is 0.390 e. The number of hydrogen-bond acceptors (Lipinski definition) is 12. The Bertz CT molecular complexity index is 2410. The summed E-state index contributed by atoms with van der Waals surface area (Å²) in [7, 11) is 0. The summed E-state index contributed by atoms with van der Waals surface area (Å²) in [5.74, 6) is -0.738. The van der Waals surface area contributed by atoms with Gasteiger partial charge in [-0.3, -0.25) is 24.2 Å². The van der Waals surface area contributed by atoms with Crippen LogP contribution >= 0.6 is 11.3 Å². The van der Waals surface area contributed by atoms with Crippen LogP contribution in [-0.4, -0.2) is 143 Å². The van der Waals surface area contributed by atoms with Gasteiger partial charge in [-0.25, -0.2) is 9.97 Å². The lowest BCUT2D eigenvalue weighted by Crippen LogP contribution is -2.58. The molecule has 7 rings (SSSR count). The van der Waals surface area contributed by atoms with Crippen molar-refractivity contribution < 1.29 is 37.0 Å². The summed E-state index contributed by atoms with van der Waals surface area (Å²) >= 11 is 1.59. The zero-order valence-corrected chi connectivity index (χ0v) is 39.4. The first-order chi connectivity index (χ1) is 32.1. The van der Waals surface area contributed by atoms with Crippen LogP contribution in [0.25, 0.3) is 32.6 Å². The number of alkyl halides is 3. The van der Waals surface area contributed by atoms with Crippen LogP contribution in [0.4, 0.5) is 19.1 Å². The molecule has 0 saturated carbocycles. The summed E-state index contributed by atoms with van der Waals surface area (Å²) < 4.78 is 49.0. The smallest absolute Gasteiger partial charge is 0.378 e. The standard InChI is InChI=1S/C48H61F3N10O5S/c1-32-41(67-31-56-32)36-13-7-33(8-14-36)26-54-44(63)39-6-5-17-61(39)45(64)42(47(2,3)4)57-40(62)30-66-25-24-65-23-22-59-18-20-60(21-19-59)29-34-9-11-35(12-10-34)37-27-53-43-38(37)28-55-46(58-43)52-16-15-48(49,50)51/h7-14,27-28,31,39,42H,5-6,15-26,29-30H2,1-4H3,(H,54,63)(H,57,62)(H2,52,53,55,58)/t39-,42+/m0/s1. The average Bonchev–Trinajstić information content (AvgIpc) is 4.07. The number of aryl methyl sites for hydroxylation is 1. The van der Waals surface area contributed by atoms with Crippen LogP contribution in [0.1, 0.15) is 56.9 Å². The molecule has 5 aromatic rings. The topological polar surface area (TPSA) is 170 Å². The number of hydrogen-bond donors (Lipinski definition) is 4. The number of anilines is 1. The van der Waals surface area contributed by atoms with Gasteiger partial charge in [-0.2, -0.15) is 18.2 Å². The Morgan fingerprint density at radius 1 is 0.896 bits per heavy atom. The third-order valence-corrected chi connectivity index (χ3v) is 13.1. The van der Waals surface area contributed by atoms with Gasteiger partial charge in [0.2, 0.25) is 23.7 Å². The number of amides is 3. The van der Waals surface area contributed by atoms with Gasteiger partial charge in [0.05, 0.1) is 42.3 Å². The molecule has 2 aliphatic heterocycles. The van der Waals surface area contributed by atoms with Crippen LogP contribution in [0.15, 0.2) is 66.4 Å². The molecule has 360 valence electrons. The number of rotatable bonds is 20. The molecule has 5 heterocycles. The Morgan fingerprint density at radius 3 is 2.30 bits per heavy atom. The van der Waals surface area contributed by atoms with Crippen LogP contribution in [0.5, 0.6) is 0 Å². The minimum absolute atomic E-state index is 0.147. The minimum Gasteiger partial charge on any atom is -0.378 e. The minimum atomic E-state index is -4.24. The van der Waals surface area contributed by atoms with Gasteiger partial charge >= 0.3 is 6.18 Å². The van der Waals surface area contributed by atoms with Gasteiger partial charge in [0.1, 0.15) is 24.3 Å². The second-order valence-electron chi connectivity index (χ2n) is 18.2. The number of carbonyl (C=O) groups is 3. The first kappa shape index (κ1) is 49.4. The van der Waals surface area contributed by atoms with Crippen LogP contribution in [0.2, 0.25) is 0 Å². The number of aromatic amines is 1. The summed E-state index contributed by atoms with van der Waals surface area (Å²) in [5, 5.41) is 9.32. The maximum Gasteiger partial charge on any atom is 0.390 e. The van der Waals surface area contributed by atoms with E-state index in [1.807, 2.05) is 63.7 Å². The molecule has 15 nitrogen and oxygen atoms in total. The predicted octanol–water partition coefficient (Wildman–Crippen LogP) is 6.41. The van der Waals surface area contributed by atoms with Crippen molar-refractivity contribution in [2.24, 2.45) is 5.41 Å². The molecule has 2 aliphatic rings. The molecule has 0 unspecified atom stereocenters. The molecule has 3 aromatic heterocycles. The number of H-pyrrole nitrogens is 1. The monoisotopic (exact) mass is 946 g/mol. The molecule has 2 fully saturated rings. The highest BCUT2D eigenvalue weighted by molar-refractivity contribution is 7.13. The van der Waals surface area contributed by atoms with E-state index in [0.717, 1.165) is 77.5 Å². The van der Waals surface area contributed by atoms with Crippen LogP contribution in [0.3, 0.4) is 0 Å². The fraction of sp³-hybridized carbons (Fsp3) is 0.500. The van der Waals surface area contributed by atoms with E-state index in [-0.39, 0.29) is 37.5 Å². The number of thiazole rings is 1. The van der Waals surface area contributed by atoms with E-state index in [4.69, 9.17) is 9.47 Å². The Hall–Kier alpha value is -5.47. The number of piperazine rings is 1. The third kappa shape index (κ3) is 13.8. The molecule has 19 heteroatoms. The first-order valence-electron chi connectivity index (χ1n) is 22.8. The number of carbonyl (C=O) groups excluding carboxylic acids is 3. The van der Waals surface area contributed by atoms with Crippen LogP contribution in [-0.2, 0) is 36.9 Å². The predicted molar refractivity (Wildman–Crippen MR) is 252 cm³/mol. The number of aromatic nitrogens is 4. The molecule has 0 radical (unpaired) electrons. The van der Waals surface area contributed by atoms with Gasteiger partial charge in [0.25, 0.3) is 0 Å². The number of halogens is 3.